The van der Waals surface area contributed by atoms with E-state index in [0.29, 0.717) is 11.5 Å². The van der Waals surface area contributed by atoms with Gasteiger partial charge in [0.15, 0.2) is 5.82 Å². The monoisotopic (exact) mass is 397 g/mol. The van der Waals surface area contributed by atoms with Crippen molar-refractivity contribution in [1.29, 1.82) is 5.26 Å². The molecule has 1 aromatic heterocycles. The Labute approximate surface area is 176 Å². The Morgan fingerprint density at radius 1 is 1.00 bits per heavy atom. The van der Waals surface area contributed by atoms with E-state index >= 15 is 0 Å². The van der Waals surface area contributed by atoms with Crippen LogP contribution in [0.3, 0.4) is 0 Å². The second-order valence-corrected chi connectivity index (χ2v) is 7.05. The van der Waals surface area contributed by atoms with E-state index in [4.69, 9.17) is 5.26 Å². The summed E-state index contributed by atoms with van der Waals surface area (Å²) in [6, 6.07) is 19.6. The molecule has 0 radical (unpaired) electrons. The Morgan fingerprint density at radius 3 is 2.50 bits per heavy atom. The third-order valence-electron chi connectivity index (χ3n) is 4.99. The Morgan fingerprint density at radius 2 is 1.77 bits per heavy atom. The first kappa shape index (κ1) is 19.6. The molecule has 1 aliphatic heterocycles. The smallest absolute Gasteiger partial charge is 0.249 e. The molecule has 7 heteroatoms. The first-order valence-electron chi connectivity index (χ1n) is 9.96. The predicted octanol–water partition coefficient (Wildman–Crippen LogP) is 3.32. The first-order valence-corrected chi connectivity index (χ1v) is 9.96. The number of piperazine rings is 1. The molecule has 0 amide bonds. The van der Waals surface area contributed by atoms with E-state index in [2.05, 4.69) is 72.8 Å². The fraction of sp³-hybridized carbons (Fsp3) is 0.217. The minimum absolute atomic E-state index is 0.449. The molecule has 3 aromatic rings. The molecule has 7 nitrogen and oxygen atoms in total. The zero-order valence-corrected chi connectivity index (χ0v) is 16.6. The van der Waals surface area contributed by atoms with Crippen molar-refractivity contribution in [2.45, 2.75) is 0 Å². The van der Waals surface area contributed by atoms with E-state index in [1.807, 2.05) is 18.2 Å². The number of hydrogen-bond acceptors (Lipinski definition) is 7. The molecule has 1 saturated heterocycles. The highest BCUT2D eigenvalue weighted by Crippen LogP contribution is 2.17. The molecule has 0 bridgehead atoms. The Kier molecular flexibility index (Phi) is 6.28. The lowest BCUT2D eigenvalue weighted by molar-refractivity contribution is 0.283. The number of rotatable bonds is 6. The van der Waals surface area contributed by atoms with Gasteiger partial charge >= 0.3 is 0 Å². The number of nitrogens with one attached hydrogen (secondary N) is 1. The maximum Gasteiger partial charge on any atom is 0.249 e. The Hall–Kier alpha value is -3.76. The molecular weight excluding hydrogens is 374 g/mol. The number of benzene rings is 2. The van der Waals surface area contributed by atoms with E-state index in [1.165, 1.54) is 5.56 Å². The third kappa shape index (κ3) is 5.19. The Balaban J connectivity index is 1.30. The van der Waals surface area contributed by atoms with Crippen molar-refractivity contribution in [3.63, 3.8) is 0 Å². The minimum Gasteiger partial charge on any atom is -0.353 e. The molecule has 0 atom stereocenters. The summed E-state index contributed by atoms with van der Waals surface area (Å²) in [5.74, 6) is 1.27. The molecule has 4 rings (SSSR count). The van der Waals surface area contributed by atoms with Crippen LogP contribution in [0.1, 0.15) is 11.1 Å². The van der Waals surface area contributed by atoms with Crippen LogP contribution in [0.4, 0.5) is 17.5 Å². The van der Waals surface area contributed by atoms with E-state index in [0.717, 1.165) is 44.2 Å². The van der Waals surface area contributed by atoms with Crippen LogP contribution >= 0.6 is 0 Å². The lowest BCUT2D eigenvalue weighted by Crippen LogP contribution is -2.46. The highest BCUT2D eigenvalue weighted by atomic mass is 15.3. The van der Waals surface area contributed by atoms with Gasteiger partial charge in [0.2, 0.25) is 5.95 Å². The fourth-order valence-corrected chi connectivity index (χ4v) is 3.32. The van der Waals surface area contributed by atoms with Crippen LogP contribution in [-0.4, -0.2) is 52.8 Å². The van der Waals surface area contributed by atoms with Crippen molar-refractivity contribution in [2.75, 3.05) is 42.9 Å². The van der Waals surface area contributed by atoms with Crippen LogP contribution in [0, 0.1) is 11.3 Å². The van der Waals surface area contributed by atoms with Crippen molar-refractivity contribution < 1.29 is 0 Å². The van der Waals surface area contributed by atoms with Gasteiger partial charge in [0.1, 0.15) is 0 Å². The molecule has 0 spiro atoms. The summed E-state index contributed by atoms with van der Waals surface area (Å²) in [4.78, 5) is 9.27. The fourth-order valence-electron chi connectivity index (χ4n) is 3.32. The normalized spacial score (nSPS) is 14.6. The van der Waals surface area contributed by atoms with Gasteiger partial charge in [-0.2, -0.15) is 15.3 Å². The van der Waals surface area contributed by atoms with Gasteiger partial charge in [-0.25, -0.2) is 0 Å². The van der Waals surface area contributed by atoms with Crippen LogP contribution in [0.2, 0.25) is 0 Å². The molecular formula is C23H23N7. The number of nitriles is 1. The topological polar surface area (TPSA) is 81.0 Å². The van der Waals surface area contributed by atoms with Crippen LogP contribution in [0.25, 0.3) is 6.08 Å². The quantitative estimate of drug-likeness (QED) is 0.683. The lowest BCUT2D eigenvalue weighted by atomic mass is 10.2. The van der Waals surface area contributed by atoms with Gasteiger partial charge in [0.25, 0.3) is 0 Å². The molecule has 0 saturated carbocycles. The molecule has 1 fully saturated rings. The largest absolute Gasteiger partial charge is 0.353 e. The summed E-state index contributed by atoms with van der Waals surface area (Å²) in [6.07, 6.45) is 6.09. The summed E-state index contributed by atoms with van der Waals surface area (Å²) >= 11 is 0. The average molecular weight is 397 g/mol. The first-order chi connectivity index (χ1) is 14.8. The van der Waals surface area contributed by atoms with Gasteiger partial charge in [0.05, 0.1) is 17.8 Å². The molecule has 2 aromatic carbocycles. The lowest BCUT2D eigenvalue weighted by Gasteiger charge is -2.34. The second kappa shape index (κ2) is 9.63. The van der Waals surface area contributed by atoms with Gasteiger partial charge in [-0.15, -0.1) is 5.10 Å². The van der Waals surface area contributed by atoms with Crippen LogP contribution in [-0.2, 0) is 0 Å². The molecule has 150 valence electrons. The highest BCUT2D eigenvalue weighted by molar-refractivity contribution is 5.56. The predicted molar refractivity (Wildman–Crippen MR) is 118 cm³/mol. The molecule has 1 aliphatic rings. The minimum atomic E-state index is 0.449. The van der Waals surface area contributed by atoms with Gasteiger partial charge in [-0.05, 0) is 29.8 Å². The number of nitrogens with zero attached hydrogens (tertiary/aromatic N) is 6. The molecule has 0 unspecified atom stereocenters. The third-order valence-corrected chi connectivity index (χ3v) is 4.99. The van der Waals surface area contributed by atoms with E-state index < -0.39 is 0 Å². The van der Waals surface area contributed by atoms with Gasteiger partial charge in [-0.1, -0.05) is 42.5 Å². The van der Waals surface area contributed by atoms with E-state index in [1.54, 1.807) is 18.3 Å². The van der Waals surface area contributed by atoms with E-state index in [9.17, 15) is 0 Å². The summed E-state index contributed by atoms with van der Waals surface area (Å²) in [6.45, 7) is 4.68. The standard InChI is InChI=1S/C23H23N7/c24-17-20-8-10-21(11-9-20)26-23-27-22(18-25-28-23)30-15-13-29(14-16-30)12-4-7-19-5-2-1-3-6-19/h1-11,18H,12-16H2,(H,26,27,28)/b7-4+. The maximum absolute atomic E-state index is 8.90. The summed E-state index contributed by atoms with van der Waals surface area (Å²) in [5, 5.41) is 20.2. The van der Waals surface area contributed by atoms with Crippen molar-refractivity contribution >= 4 is 23.5 Å². The molecule has 2 heterocycles. The van der Waals surface area contributed by atoms with Gasteiger partial charge < -0.3 is 10.2 Å². The molecule has 0 aliphatic carbocycles. The van der Waals surface area contributed by atoms with Gasteiger partial charge in [-0.3, -0.25) is 4.90 Å². The van der Waals surface area contributed by atoms with E-state index in [-0.39, 0.29) is 0 Å². The van der Waals surface area contributed by atoms with Crippen molar-refractivity contribution in [3.05, 3.63) is 78.0 Å². The van der Waals surface area contributed by atoms with Crippen LogP contribution < -0.4 is 10.2 Å². The second-order valence-electron chi connectivity index (χ2n) is 7.05. The number of aromatic nitrogens is 3. The molecule has 30 heavy (non-hydrogen) atoms. The maximum atomic E-state index is 8.90. The molecule has 1 N–H and O–H groups in total. The zero-order chi connectivity index (χ0) is 20.6. The van der Waals surface area contributed by atoms with Gasteiger partial charge in [0, 0.05) is 38.4 Å². The summed E-state index contributed by atoms with van der Waals surface area (Å²) in [7, 11) is 0. The summed E-state index contributed by atoms with van der Waals surface area (Å²) < 4.78 is 0. The SMILES string of the molecule is N#Cc1ccc(Nc2nncc(N3CCN(C/C=C/c4ccccc4)CC3)n2)cc1. The Bertz CT molecular complexity index is 1020. The van der Waals surface area contributed by atoms with Crippen LogP contribution in [0.15, 0.2) is 66.9 Å². The zero-order valence-electron chi connectivity index (χ0n) is 16.6. The van der Waals surface area contributed by atoms with Crippen molar-refractivity contribution in [1.82, 2.24) is 20.1 Å². The average Bonchev–Trinajstić information content (AvgIpc) is 2.81. The number of hydrogen-bond donors (Lipinski definition) is 1. The van der Waals surface area contributed by atoms with Crippen molar-refractivity contribution in [3.8, 4) is 6.07 Å². The summed E-state index contributed by atoms with van der Waals surface area (Å²) in [5.41, 5.74) is 2.67. The van der Waals surface area contributed by atoms with Crippen LogP contribution in [0.5, 0.6) is 0 Å². The number of anilines is 3. The highest BCUT2D eigenvalue weighted by Gasteiger charge is 2.18. The van der Waals surface area contributed by atoms with Crippen molar-refractivity contribution in [2.24, 2.45) is 0 Å².